The molecule has 0 unspecified atom stereocenters. The van der Waals surface area contributed by atoms with E-state index in [-0.39, 0.29) is 11.7 Å². The van der Waals surface area contributed by atoms with Crippen LogP contribution in [0, 0.1) is 12.7 Å². The van der Waals surface area contributed by atoms with Crippen molar-refractivity contribution in [3.63, 3.8) is 0 Å². The van der Waals surface area contributed by atoms with Gasteiger partial charge in [0.1, 0.15) is 5.82 Å². The maximum atomic E-state index is 13.4. The molecule has 0 fully saturated rings. The molecule has 1 N–H and O–H groups in total. The molecule has 0 spiro atoms. The van der Waals surface area contributed by atoms with Crippen LogP contribution in [-0.2, 0) is 6.42 Å². The Labute approximate surface area is 186 Å². The summed E-state index contributed by atoms with van der Waals surface area (Å²) in [4.78, 5) is 12.7. The molecule has 4 rings (SSSR count). The van der Waals surface area contributed by atoms with Crippen LogP contribution in [-0.4, -0.2) is 22.7 Å². The molecule has 0 saturated heterocycles. The molecular weight excluding hydrogens is 413 g/mol. The summed E-state index contributed by atoms with van der Waals surface area (Å²) < 4.78 is 15.2. The van der Waals surface area contributed by atoms with E-state index in [1.165, 1.54) is 12.1 Å². The third-order valence-electron chi connectivity index (χ3n) is 5.64. The first-order chi connectivity index (χ1) is 15.0. The van der Waals surface area contributed by atoms with Crippen molar-refractivity contribution in [2.45, 2.75) is 39.0 Å². The van der Waals surface area contributed by atoms with Crippen LogP contribution in [0.4, 0.5) is 4.39 Å². The summed E-state index contributed by atoms with van der Waals surface area (Å²) in [5, 5.41) is 8.03. The number of halogens is 2. The quantitative estimate of drug-likeness (QED) is 0.547. The Bertz CT molecular complexity index is 1150. The zero-order valence-electron chi connectivity index (χ0n) is 17.7. The first kappa shape index (κ1) is 21.3. The maximum absolute atomic E-state index is 13.4. The average Bonchev–Trinajstić information content (AvgIpc) is 3.10. The van der Waals surface area contributed by atoms with Gasteiger partial charge in [-0.3, -0.25) is 4.79 Å². The molecule has 1 amide bonds. The van der Waals surface area contributed by atoms with E-state index in [0.29, 0.717) is 10.7 Å². The summed E-state index contributed by atoms with van der Waals surface area (Å²) in [7, 11) is 1.62. The first-order valence-electron chi connectivity index (χ1n) is 10.5. The van der Waals surface area contributed by atoms with Crippen LogP contribution in [0.25, 0.3) is 17.3 Å². The number of rotatable bonds is 3. The Kier molecular flexibility index (Phi) is 6.23. The number of aromatic nitrogens is 2. The van der Waals surface area contributed by atoms with Gasteiger partial charge in [-0.25, -0.2) is 9.07 Å². The number of hydrogen-bond donors (Lipinski definition) is 1. The summed E-state index contributed by atoms with van der Waals surface area (Å²) in [5.74, 6) is -0.473. The van der Waals surface area contributed by atoms with Crippen molar-refractivity contribution in [2.24, 2.45) is 0 Å². The first-order valence-corrected chi connectivity index (χ1v) is 10.9. The number of amides is 1. The number of nitrogens with one attached hydrogen (secondary N) is 1. The van der Waals surface area contributed by atoms with Crippen molar-refractivity contribution in [2.75, 3.05) is 7.05 Å². The summed E-state index contributed by atoms with van der Waals surface area (Å²) in [5.41, 5.74) is 6.05. The van der Waals surface area contributed by atoms with Crippen molar-refractivity contribution < 1.29 is 9.18 Å². The fraction of sp³-hybridized carbons (Fsp3) is 0.280. The predicted octanol–water partition coefficient (Wildman–Crippen LogP) is 5.99. The summed E-state index contributed by atoms with van der Waals surface area (Å²) in [6.07, 6.45) is 6.78. The smallest absolute Gasteiger partial charge is 0.271 e. The van der Waals surface area contributed by atoms with Gasteiger partial charge in [0.2, 0.25) is 0 Å². The minimum absolute atomic E-state index is 0.208. The largest absolute Gasteiger partial charge is 0.354 e. The fourth-order valence-corrected chi connectivity index (χ4v) is 4.40. The summed E-state index contributed by atoms with van der Waals surface area (Å²) >= 11 is 6.61. The van der Waals surface area contributed by atoms with Gasteiger partial charge in [-0.2, -0.15) is 5.10 Å². The molecule has 1 heterocycles. The number of nitrogens with zero attached hydrogens (tertiary/aromatic N) is 2. The average molecular weight is 438 g/mol. The lowest BCUT2D eigenvalue weighted by atomic mass is 9.91. The fourth-order valence-electron chi connectivity index (χ4n) is 4.09. The third-order valence-corrected chi connectivity index (χ3v) is 5.95. The number of carbonyl (C=O) groups is 1. The highest BCUT2D eigenvalue weighted by Crippen LogP contribution is 2.35. The highest BCUT2D eigenvalue weighted by atomic mass is 35.5. The molecule has 3 aromatic rings. The Morgan fingerprint density at radius 1 is 1.13 bits per heavy atom. The number of allylic oxidation sites excluding steroid dienone is 1. The predicted molar refractivity (Wildman–Crippen MR) is 123 cm³/mol. The molecule has 1 aliphatic rings. The normalized spacial score (nSPS) is 15.3. The van der Waals surface area contributed by atoms with E-state index in [9.17, 15) is 9.18 Å². The molecule has 2 aromatic carbocycles. The molecule has 4 nitrogen and oxygen atoms in total. The van der Waals surface area contributed by atoms with Gasteiger partial charge in [-0.1, -0.05) is 36.2 Å². The van der Waals surface area contributed by atoms with Gasteiger partial charge >= 0.3 is 0 Å². The molecule has 160 valence electrons. The Hall–Kier alpha value is -2.92. The second kappa shape index (κ2) is 9.06. The second-order valence-electron chi connectivity index (χ2n) is 7.90. The molecular formula is C25H25ClFN3O. The minimum atomic E-state index is -0.265. The molecule has 0 saturated carbocycles. The number of hydrogen-bond acceptors (Lipinski definition) is 2. The summed E-state index contributed by atoms with van der Waals surface area (Å²) in [6.45, 7) is 1.99. The molecule has 0 bridgehead atoms. The number of carbonyl (C=O) groups excluding carboxylic acids is 1. The van der Waals surface area contributed by atoms with E-state index >= 15 is 0 Å². The van der Waals surface area contributed by atoms with Gasteiger partial charge in [0, 0.05) is 12.6 Å². The minimum Gasteiger partial charge on any atom is -0.354 e. The van der Waals surface area contributed by atoms with Gasteiger partial charge in [0.05, 0.1) is 16.4 Å². The number of fused-ring (bicyclic) bond motifs is 1. The highest BCUT2D eigenvalue weighted by Gasteiger charge is 2.27. The SMILES string of the molecule is CNC(=O)c1nn(-c2ccc(C)cc2Cl)c2c1CCCCC/C2=C\c1ccc(F)cc1. The standard InChI is InChI=1S/C25H25ClFN3O/c1-16-8-13-22(21(26)14-16)30-24-18(15-17-9-11-19(27)12-10-17)6-4-3-5-7-20(24)23(29-30)25(31)28-2/h8-15H,3-7H2,1-2H3,(H,28,31)/b18-15+. The van der Waals surface area contributed by atoms with Crippen LogP contribution in [0.5, 0.6) is 0 Å². The molecule has 0 atom stereocenters. The van der Waals surface area contributed by atoms with Crippen LogP contribution in [0.15, 0.2) is 42.5 Å². The van der Waals surface area contributed by atoms with Crippen molar-refractivity contribution >= 4 is 29.2 Å². The Morgan fingerprint density at radius 3 is 2.58 bits per heavy atom. The monoisotopic (exact) mass is 437 g/mol. The van der Waals surface area contributed by atoms with E-state index in [1.807, 2.05) is 29.8 Å². The van der Waals surface area contributed by atoms with E-state index in [2.05, 4.69) is 11.4 Å². The van der Waals surface area contributed by atoms with E-state index in [4.69, 9.17) is 16.7 Å². The number of benzene rings is 2. The molecule has 0 aliphatic heterocycles. The van der Waals surface area contributed by atoms with Crippen molar-refractivity contribution in [3.05, 3.63) is 81.4 Å². The maximum Gasteiger partial charge on any atom is 0.271 e. The summed E-state index contributed by atoms with van der Waals surface area (Å²) in [6, 6.07) is 12.3. The van der Waals surface area contributed by atoms with Crippen molar-refractivity contribution in [3.8, 4) is 5.69 Å². The van der Waals surface area contributed by atoms with E-state index < -0.39 is 0 Å². The van der Waals surface area contributed by atoms with Crippen LogP contribution < -0.4 is 5.32 Å². The molecule has 0 radical (unpaired) electrons. The van der Waals surface area contributed by atoms with Crippen LogP contribution >= 0.6 is 11.6 Å². The van der Waals surface area contributed by atoms with Crippen LogP contribution in [0.2, 0.25) is 5.02 Å². The molecule has 1 aliphatic carbocycles. The second-order valence-corrected chi connectivity index (χ2v) is 8.31. The molecule has 31 heavy (non-hydrogen) atoms. The zero-order valence-corrected chi connectivity index (χ0v) is 18.5. The Balaban J connectivity index is 1.98. The number of aryl methyl sites for hydroxylation is 1. The van der Waals surface area contributed by atoms with Crippen molar-refractivity contribution in [1.29, 1.82) is 0 Å². The van der Waals surface area contributed by atoms with Gasteiger partial charge in [0.15, 0.2) is 5.69 Å². The van der Waals surface area contributed by atoms with Crippen LogP contribution in [0.3, 0.4) is 0 Å². The van der Waals surface area contributed by atoms with Gasteiger partial charge in [-0.15, -0.1) is 0 Å². The molecule has 6 heteroatoms. The topological polar surface area (TPSA) is 46.9 Å². The van der Waals surface area contributed by atoms with E-state index in [1.54, 1.807) is 19.2 Å². The zero-order chi connectivity index (χ0) is 22.0. The lowest BCUT2D eigenvalue weighted by Gasteiger charge is -2.17. The highest BCUT2D eigenvalue weighted by molar-refractivity contribution is 6.32. The van der Waals surface area contributed by atoms with E-state index in [0.717, 1.165) is 65.7 Å². The lowest BCUT2D eigenvalue weighted by Crippen LogP contribution is -2.20. The Morgan fingerprint density at radius 2 is 1.87 bits per heavy atom. The van der Waals surface area contributed by atoms with Gasteiger partial charge < -0.3 is 5.32 Å². The third kappa shape index (κ3) is 4.42. The molecule has 1 aromatic heterocycles. The van der Waals surface area contributed by atoms with Gasteiger partial charge in [-0.05, 0) is 79.6 Å². The van der Waals surface area contributed by atoms with Crippen LogP contribution in [0.1, 0.15) is 58.6 Å². The van der Waals surface area contributed by atoms with Gasteiger partial charge in [0.25, 0.3) is 5.91 Å². The van der Waals surface area contributed by atoms with Crippen molar-refractivity contribution in [1.82, 2.24) is 15.1 Å². The lowest BCUT2D eigenvalue weighted by molar-refractivity contribution is 0.0956.